The lowest BCUT2D eigenvalue weighted by Crippen LogP contribution is -2.41. The van der Waals surface area contributed by atoms with E-state index in [0.29, 0.717) is 0 Å². The van der Waals surface area contributed by atoms with Gasteiger partial charge in [-0.25, -0.2) is 4.79 Å². The number of anilines is 1. The SMILES string of the molecule is CC.CC.CNC(=O)NC1CCN(c2ccccc2)C1.P. The van der Waals surface area contributed by atoms with Crippen molar-refractivity contribution in [3.63, 3.8) is 0 Å². The van der Waals surface area contributed by atoms with E-state index in [9.17, 15) is 4.79 Å². The number of carbonyl (C=O) groups is 1. The zero-order chi connectivity index (χ0) is 15.4. The lowest BCUT2D eigenvalue weighted by atomic mass is 10.3. The van der Waals surface area contributed by atoms with Gasteiger partial charge in [-0.3, -0.25) is 0 Å². The second-order valence-corrected chi connectivity index (χ2v) is 3.99. The van der Waals surface area contributed by atoms with Crippen LogP contribution in [0.1, 0.15) is 34.1 Å². The Morgan fingerprint density at radius 1 is 1.14 bits per heavy atom. The second kappa shape index (κ2) is 13.7. The van der Waals surface area contributed by atoms with Crippen LogP contribution in [0.4, 0.5) is 10.5 Å². The molecule has 2 amide bonds. The van der Waals surface area contributed by atoms with Gasteiger partial charge in [0.1, 0.15) is 0 Å². The molecular weight excluding hydrogens is 281 g/mol. The zero-order valence-electron chi connectivity index (χ0n) is 14.1. The van der Waals surface area contributed by atoms with Crippen molar-refractivity contribution < 1.29 is 4.79 Å². The average molecular weight is 313 g/mol. The first-order valence-electron chi connectivity index (χ1n) is 7.58. The van der Waals surface area contributed by atoms with E-state index in [2.05, 4.69) is 27.7 Å². The number of urea groups is 1. The molecule has 1 aromatic carbocycles. The van der Waals surface area contributed by atoms with E-state index in [1.165, 1.54) is 5.69 Å². The highest BCUT2D eigenvalue weighted by atomic mass is 31.0. The molecule has 1 aromatic rings. The summed E-state index contributed by atoms with van der Waals surface area (Å²) in [7, 11) is 1.64. The molecule has 2 unspecified atom stereocenters. The predicted molar refractivity (Wildman–Crippen MR) is 98.5 cm³/mol. The van der Waals surface area contributed by atoms with Gasteiger partial charge in [-0.2, -0.15) is 9.90 Å². The molecule has 21 heavy (non-hydrogen) atoms. The molecule has 5 heteroatoms. The van der Waals surface area contributed by atoms with Crippen LogP contribution in [0.5, 0.6) is 0 Å². The van der Waals surface area contributed by atoms with Gasteiger partial charge in [-0.1, -0.05) is 45.9 Å². The minimum absolute atomic E-state index is 0. The third-order valence-electron chi connectivity index (χ3n) is 2.87. The van der Waals surface area contributed by atoms with E-state index in [1.807, 2.05) is 45.9 Å². The number of para-hydroxylation sites is 1. The van der Waals surface area contributed by atoms with Crippen LogP contribution in [-0.2, 0) is 0 Å². The Bertz CT molecular complexity index is 360. The summed E-state index contributed by atoms with van der Waals surface area (Å²) < 4.78 is 0. The summed E-state index contributed by atoms with van der Waals surface area (Å²) in [5.41, 5.74) is 1.23. The summed E-state index contributed by atoms with van der Waals surface area (Å²) >= 11 is 0. The highest BCUT2D eigenvalue weighted by Gasteiger charge is 2.23. The summed E-state index contributed by atoms with van der Waals surface area (Å²) in [6, 6.07) is 10.4. The van der Waals surface area contributed by atoms with E-state index in [0.717, 1.165) is 19.5 Å². The summed E-state index contributed by atoms with van der Waals surface area (Å²) in [5.74, 6) is 0. The van der Waals surface area contributed by atoms with Crippen molar-refractivity contribution in [2.45, 2.75) is 40.2 Å². The quantitative estimate of drug-likeness (QED) is 0.823. The van der Waals surface area contributed by atoms with Crippen LogP contribution in [-0.4, -0.2) is 32.2 Å². The van der Waals surface area contributed by atoms with Crippen LogP contribution in [0.3, 0.4) is 0 Å². The molecule has 0 spiro atoms. The molecule has 122 valence electrons. The first-order chi connectivity index (χ1) is 9.79. The first-order valence-corrected chi connectivity index (χ1v) is 7.58. The number of hydrogen-bond donors (Lipinski definition) is 2. The Labute approximate surface area is 133 Å². The van der Waals surface area contributed by atoms with Crippen LogP contribution < -0.4 is 15.5 Å². The molecule has 0 aromatic heterocycles. The number of nitrogens with one attached hydrogen (secondary N) is 2. The molecule has 0 saturated carbocycles. The van der Waals surface area contributed by atoms with E-state index in [1.54, 1.807) is 7.05 Å². The topological polar surface area (TPSA) is 44.4 Å². The number of rotatable bonds is 2. The molecule has 1 fully saturated rings. The number of carbonyl (C=O) groups excluding carboxylic acids is 1. The highest BCUT2D eigenvalue weighted by Crippen LogP contribution is 2.19. The smallest absolute Gasteiger partial charge is 0.314 e. The molecule has 2 rings (SSSR count). The molecule has 0 radical (unpaired) electrons. The molecule has 2 N–H and O–H groups in total. The Hall–Kier alpha value is -1.28. The summed E-state index contributed by atoms with van der Waals surface area (Å²) in [6.07, 6.45) is 1.00. The Morgan fingerprint density at radius 2 is 1.71 bits per heavy atom. The van der Waals surface area contributed by atoms with Gasteiger partial charge in [-0.05, 0) is 18.6 Å². The number of nitrogens with zero attached hydrogens (tertiary/aromatic N) is 1. The van der Waals surface area contributed by atoms with Crippen molar-refractivity contribution >= 4 is 21.6 Å². The molecule has 1 saturated heterocycles. The molecule has 1 aliphatic heterocycles. The molecule has 1 heterocycles. The Morgan fingerprint density at radius 3 is 2.24 bits per heavy atom. The Balaban J connectivity index is 0. The maximum atomic E-state index is 11.2. The van der Waals surface area contributed by atoms with Gasteiger partial charge in [0.25, 0.3) is 0 Å². The van der Waals surface area contributed by atoms with Crippen LogP contribution in [0.15, 0.2) is 30.3 Å². The van der Waals surface area contributed by atoms with E-state index in [-0.39, 0.29) is 22.0 Å². The minimum atomic E-state index is -0.0973. The van der Waals surface area contributed by atoms with E-state index >= 15 is 0 Å². The van der Waals surface area contributed by atoms with Gasteiger partial charge < -0.3 is 15.5 Å². The lowest BCUT2D eigenvalue weighted by molar-refractivity contribution is 0.240. The molecule has 2 atom stereocenters. The first kappa shape index (κ1) is 22.0. The lowest BCUT2D eigenvalue weighted by Gasteiger charge is -2.18. The van der Waals surface area contributed by atoms with Crippen LogP contribution in [0.25, 0.3) is 0 Å². The fourth-order valence-corrected chi connectivity index (χ4v) is 2.01. The fourth-order valence-electron chi connectivity index (χ4n) is 2.01. The second-order valence-electron chi connectivity index (χ2n) is 3.99. The minimum Gasteiger partial charge on any atom is -0.369 e. The van der Waals surface area contributed by atoms with Gasteiger partial charge >= 0.3 is 6.03 Å². The van der Waals surface area contributed by atoms with Gasteiger partial charge in [0, 0.05) is 31.9 Å². The monoisotopic (exact) mass is 313 g/mol. The van der Waals surface area contributed by atoms with Crippen LogP contribution >= 0.6 is 9.90 Å². The predicted octanol–water partition coefficient (Wildman–Crippen LogP) is 3.30. The van der Waals surface area contributed by atoms with Gasteiger partial charge in [0.15, 0.2) is 0 Å². The fraction of sp³-hybridized carbons (Fsp3) is 0.562. The Kier molecular flexibility index (Phi) is 14.3. The highest BCUT2D eigenvalue weighted by molar-refractivity contribution is 6.92. The summed E-state index contributed by atoms with van der Waals surface area (Å²) in [6.45, 7) is 9.89. The third kappa shape index (κ3) is 7.91. The molecule has 1 aliphatic rings. The van der Waals surface area contributed by atoms with Crippen LogP contribution in [0.2, 0.25) is 0 Å². The maximum Gasteiger partial charge on any atom is 0.314 e. The molecular formula is C16H32N3OP. The molecule has 0 aliphatic carbocycles. The van der Waals surface area contributed by atoms with Crippen molar-refractivity contribution in [3.8, 4) is 0 Å². The summed E-state index contributed by atoms with van der Waals surface area (Å²) in [5, 5.41) is 5.51. The van der Waals surface area contributed by atoms with Crippen molar-refractivity contribution in [1.82, 2.24) is 10.6 Å². The number of benzene rings is 1. The molecule has 0 bridgehead atoms. The van der Waals surface area contributed by atoms with Gasteiger partial charge in [-0.15, -0.1) is 0 Å². The number of hydrogen-bond acceptors (Lipinski definition) is 2. The largest absolute Gasteiger partial charge is 0.369 e. The summed E-state index contributed by atoms with van der Waals surface area (Å²) in [4.78, 5) is 13.5. The van der Waals surface area contributed by atoms with E-state index < -0.39 is 0 Å². The van der Waals surface area contributed by atoms with E-state index in [4.69, 9.17) is 0 Å². The standard InChI is InChI=1S/C12H17N3O.2C2H6.H3P/c1-13-12(16)14-10-7-8-15(9-10)11-5-3-2-4-6-11;2*1-2;/h2-6,10H,7-9H2,1H3,(H2,13,14,16);2*1-2H3;1H3. The van der Waals surface area contributed by atoms with Crippen molar-refractivity contribution in [2.24, 2.45) is 0 Å². The van der Waals surface area contributed by atoms with Crippen LogP contribution in [0, 0.1) is 0 Å². The maximum absolute atomic E-state index is 11.2. The molecule has 4 nitrogen and oxygen atoms in total. The zero-order valence-corrected chi connectivity index (χ0v) is 15.6. The average Bonchev–Trinajstić information content (AvgIpc) is 3.00. The third-order valence-corrected chi connectivity index (χ3v) is 2.87. The van der Waals surface area contributed by atoms with Gasteiger partial charge in [0.2, 0.25) is 0 Å². The normalized spacial score (nSPS) is 15.5. The van der Waals surface area contributed by atoms with Gasteiger partial charge in [0.05, 0.1) is 0 Å². The van der Waals surface area contributed by atoms with Crippen molar-refractivity contribution in [3.05, 3.63) is 30.3 Å². The number of amides is 2. The van der Waals surface area contributed by atoms with Crippen molar-refractivity contribution in [2.75, 3.05) is 25.0 Å². The van der Waals surface area contributed by atoms with Crippen molar-refractivity contribution in [1.29, 1.82) is 0 Å².